The molecule has 2 N–H and O–H groups in total. The van der Waals surface area contributed by atoms with Crippen molar-refractivity contribution in [2.45, 2.75) is 18.1 Å². The van der Waals surface area contributed by atoms with Crippen LogP contribution in [0.1, 0.15) is 54.9 Å². The third-order valence-corrected chi connectivity index (χ3v) is 6.85. The summed E-state index contributed by atoms with van der Waals surface area (Å²) in [6.45, 7) is 0.727. The van der Waals surface area contributed by atoms with Gasteiger partial charge in [0.05, 0.1) is 11.6 Å². The number of anilines is 1. The van der Waals surface area contributed by atoms with Crippen LogP contribution in [0.25, 0.3) is 0 Å². The Kier molecular flexibility index (Phi) is 6.23. The van der Waals surface area contributed by atoms with Gasteiger partial charge in [-0.05, 0) is 54.1 Å². The third-order valence-electron chi connectivity index (χ3n) is 6.51. The van der Waals surface area contributed by atoms with E-state index in [1.54, 1.807) is 12.1 Å². The normalized spacial score (nSPS) is 16.9. The van der Waals surface area contributed by atoms with Crippen LogP contribution in [-0.2, 0) is 6.18 Å². The van der Waals surface area contributed by atoms with E-state index in [1.807, 2.05) is 6.19 Å². The van der Waals surface area contributed by atoms with Crippen molar-refractivity contribution in [1.29, 1.82) is 5.26 Å². The van der Waals surface area contributed by atoms with Crippen molar-refractivity contribution in [3.05, 3.63) is 98.6 Å². The van der Waals surface area contributed by atoms with Gasteiger partial charge >= 0.3 is 6.18 Å². The molecule has 1 atom stereocenters. The van der Waals surface area contributed by atoms with Gasteiger partial charge in [-0.1, -0.05) is 11.6 Å². The van der Waals surface area contributed by atoms with Gasteiger partial charge in [-0.3, -0.25) is 9.59 Å². The number of alkyl halides is 3. The Morgan fingerprint density at radius 1 is 1.08 bits per heavy atom. The van der Waals surface area contributed by atoms with Crippen LogP contribution in [0.5, 0.6) is 0 Å². The lowest BCUT2D eigenvalue weighted by Crippen LogP contribution is -2.41. The van der Waals surface area contributed by atoms with E-state index in [-0.39, 0.29) is 39.4 Å². The van der Waals surface area contributed by atoms with Crippen molar-refractivity contribution in [3.63, 3.8) is 0 Å². The second kappa shape index (κ2) is 9.29. The molecule has 3 aromatic carbocycles. The predicted molar refractivity (Wildman–Crippen MR) is 126 cm³/mol. The maximum absolute atomic E-state index is 14.1. The van der Waals surface area contributed by atoms with Gasteiger partial charge in [0, 0.05) is 52.0 Å². The lowest BCUT2D eigenvalue weighted by molar-refractivity contribution is -0.137. The Bertz CT molecular complexity index is 1530. The van der Waals surface area contributed by atoms with Gasteiger partial charge in [-0.2, -0.15) is 18.4 Å². The van der Waals surface area contributed by atoms with Gasteiger partial charge in [0.15, 0.2) is 6.19 Å². The van der Waals surface area contributed by atoms with Crippen LogP contribution in [0.3, 0.4) is 0 Å². The summed E-state index contributed by atoms with van der Waals surface area (Å²) in [4.78, 5) is 27.5. The summed E-state index contributed by atoms with van der Waals surface area (Å²) in [7, 11) is 0. The molecule has 194 valence electrons. The molecule has 0 bridgehead atoms. The van der Waals surface area contributed by atoms with Crippen molar-refractivity contribution >= 4 is 29.1 Å². The first-order valence-corrected chi connectivity index (χ1v) is 11.6. The van der Waals surface area contributed by atoms with Crippen LogP contribution in [0.15, 0.2) is 48.5 Å². The second-order valence-corrected chi connectivity index (χ2v) is 9.39. The minimum Gasteiger partial charge on any atom is -0.341 e. The summed E-state index contributed by atoms with van der Waals surface area (Å²) in [5.74, 6) is -3.63. The zero-order chi connectivity index (χ0) is 27.4. The maximum Gasteiger partial charge on any atom is 0.416 e. The van der Waals surface area contributed by atoms with E-state index in [2.05, 4.69) is 10.6 Å². The first-order valence-electron chi connectivity index (χ1n) is 11.2. The number of benzene rings is 3. The Hall–Kier alpha value is -4.17. The molecule has 0 aliphatic carbocycles. The highest BCUT2D eigenvalue weighted by Gasteiger charge is 2.37. The number of halogens is 6. The van der Waals surface area contributed by atoms with Crippen LogP contribution < -0.4 is 10.6 Å². The van der Waals surface area contributed by atoms with Crippen LogP contribution in [0.4, 0.5) is 27.6 Å². The molecule has 5 rings (SSSR count). The van der Waals surface area contributed by atoms with Gasteiger partial charge in [0.2, 0.25) is 0 Å². The van der Waals surface area contributed by atoms with Crippen molar-refractivity contribution in [2.75, 3.05) is 18.4 Å². The molecule has 12 heteroatoms. The molecular formula is C26H16ClF5N4O2. The SMILES string of the molecule is N#CN1CC(c2cc(NC(=O)c3cc(F)cc(C(F)(F)F)c3)c3c(c2)C(=O)NC3c2cc(F)ccc2Cl)C1. The molecule has 2 amide bonds. The van der Waals surface area contributed by atoms with E-state index < -0.39 is 46.8 Å². The summed E-state index contributed by atoms with van der Waals surface area (Å²) < 4.78 is 67.7. The molecule has 1 saturated heterocycles. The summed E-state index contributed by atoms with van der Waals surface area (Å²) in [5, 5.41) is 14.4. The van der Waals surface area contributed by atoms with Crippen LogP contribution >= 0.6 is 11.6 Å². The highest BCUT2D eigenvalue weighted by atomic mass is 35.5. The Balaban J connectivity index is 1.60. The third kappa shape index (κ3) is 4.63. The van der Waals surface area contributed by atoms with Gasteiger partial charge in [0.25, 0.3) is 11.8 Å². The van der Waals surface area contributed by atoms with Crippen molar-refractivity contribution < 1.29 is 31.5 Å². The number of nitriles is 1. The Morgan fingerprint density at radius 2 is 1.82 bits per heavy atom. The van der Waals surface area contributed by atoms with E-state index in [4.69, 9.17) is 16.9 Å². The van der Waals surface area contributed by atoms with E-state index in [0.29, 0.717) is 30.8 Å². The number of carbonyl (C=O) groups excluding carboxylic acids is 2. The molecule has 3 aromatic rings. The first kappa shape index (κ1) is 25.5. The molecule has 0 aromatic heterocycles. The fraction of sp³-hybridized carbons (Fsp3) is 0.192. The molecule has 2 aliphatic rings. The highest BCUT2D eigenvalue weighted by molar-refractivity contribution is 6.31. The van der Waals surface area contributed by atoms with Crippen LogP contribution in [0.2, 0.25) is 5.02 Å². The standard InChI is InChI=1S/C26H16ClF5N4O2/c27-20-2-1-16(28)8-18(20)23-22-19(25(38)35-23)5-12(14-9-36(10-14)11-33)6-21(22)34-24(37)13-3-15(26(30,31)32)7-17(29)4-13/h1-8,14,23H,9-10H2,(H,34,37)(H,35,38). The average Bonchev–Trinajstić information content (AvgIpc) is 3.15. The topological polar surface area (TPSA) is 85.2 Å². The fourth-order valence-corrected chi connectivity index (χ4v) is 4.84. The molecule has 38 heavy (non-hydrogen) atoms. The molecule has 0 radical (unpaired) electrons. The number of rotatable bonds is 4. The summed E-state index contributed by atoms with van der Waals surface area (Å²) in [5.41, 5.74) is -0.702. The van der Waals surface area contributed by atoms with Gasteiger partial charge in [-0.15, -0.1) is 0 Å². The van der Waals surface area contributed by atoms with E-state index in [1.165, 1.54) is 11.0 Å². The quantitative estimate of drug-likeness (QED) is 0.329. The lowest BCUT2D eigenvalue weighted by Gasteiger charge is -2.35. The number of carbonyl (C=O) groups is 2. The van der Waals surface area contributed by atoms with Crippen molar-refractivity contribution in [3.8, 4) is 6.19 Å². The second-order valence-electron chi connectivity index (χ2n) is 8.98. The lowest BCUT2D eigenvalue weighted by atomic mass is 9.87. The molecule has 2 aliphatic heterocycles. The summed E-state index contributed by atoms with van der Waals surface area (Å²) >= 11 is 6.28. The van der Waals surface area contributed by atoms with Crippen molar-refractivity contribution in [2.24, 2.45) is 0 Å². The molecule has 6 nitrogen and oxygen atoms in total. The average molecular weight is 547 g/mol. The monoisotopic (exact) mass is 546 g/mol. The molecule has 0 saturated carbocycles. The minimum absolute atomic E-state index is 0.0550. The number of hydrogen-bond donors (Lipinski definition) is 2. The van der Waals surface area contributed by atoms with E-state index in [0.717, 1.165) is 12.1 Å². The smallest absolute Gasteiger partial charge is 0.341 e. The van der Waals surface area contributed by atoms with Crippen LogP contribution in [-0.4, -0.2) is 29.8 Å². The highest BCUT2D eigenvalue weighted by Crippen LogP contribution is 2.42. The first-order chi connectivity index (χ1) is 17.9. The number of fused-ring (bicyclic) bond motifs is 1. The molecule has 0 spiro atoms. The zero-order valence-corrected chi connectivity index (χ0v) is 19.9. The largest absolute Gasteiger partial charge is 0.416 e. The minimum atomic E-state index is -4.88. The summed E-state index contributed by atoms with van der Waals surface area (Å²) in [6.07, 6.45) is -2.88. The number of likely N-dealkylation sites (tertiary alicyclic amines) is 1. The maximum atomic E-state index is 14.1. The molecule has 2 heterocycles. The fourth-order valence-electron chi connectivity index (χ4n) is 4.61. The Labute approximate surface area is 217 Å². The summed E-state index contributed by atoms with van der Waals surface area (Å²) in [6, 6.07) is 7.17. The molecule has 1 fully saturated rings. The van der Waals surface area contributed by atoms with Crippen molar-refractivity contribution in [1.82, 2.24) is 10.2 Å². The van der Waals surface area contributed by atoms with Gasteiger partial charge < -0.3 is 15.5 Å². The molecule has 1 unspecified atom stereocenters. The Morgan fingerprint density at radius 3 is 2.50 bits per heavy atom. The number of nitrogens with zero attached hydrogens (tertiary/aromatic N) is 2. The zero-order valence-electron chi connectivity index (χ0n) is 19.2. The predicted octanol–water partition coefficient (Wildman–Crippen LogP) is 5.60. The molecular weight excluding hydrogens is 531 g/mol. The van der Waals surface area contributed by atoms with E-state index >= 15 is 0 Å². The number of nitrogens with one attached hydrogen (secondary N) is 2. The van der Waals surface area contributed by atoms with Crippen LogP contribution in [0, 0.1) is 23.1 Å². The van der Waals surface area contributed by atoms with E-state index in [9.17, 15) is 31.5 Å². The van der Waals surface area contributed by atoms with Gasteiger partial charge in [-0.25, -0.2) is 8.78 Å². The van der Waals surface area contributed by atoms with Gasteiger partial charge in [0.1, 0.15) is 11.6 Å². The number of hydrogen-bond acceptors (Lipinski definition) is 4. The number of amides is 2.